The summed E-state index contributed by atoms with van der Waals surface area (Å²) >= 11 is 8.13. The summed E-state index contributed by atoms with van der Waals surface area (Å²) in [5, 5.41) is 0. The highest BCUT2D eigenvalue weighted by Gasteiger charge is 2.33. The molecule has 2 aromatic heterocycles. The summed E-state index contributed by atoms with van der Waals surface area (Å²) in [5.41, 5.74) is 0.398. The van der Waals surface area contributed by atoms with Gasteiger partial charge in [0.25, 0.3) is 15.9 Å². The Hall–Kier alpha value is -1.85. The molecule has 0 N–H and O–H groups in total. The lowest BCUT2D eigenvalue weighted by molar-refractivity contribution is -0.122. The number of amides is 1. The van der Waals surface area contributed by atoms with E-state index in [1.54, 1.807) is 28.8 Å². The van der Waals surface area contributed by atoms with Crippen LogP contribution in [0.25, 0.3) is 10.2 Å². The van der Waals surface area contributed by atoms with Gasteiger partial charge in [0.15, 0.2) is 4.80 Å². The Balaban J connectivity index is 1.55. The van der Waals surface area contributed by atoms with Crippen molar-refractivity contribution in [1.82, 2.24) is 8.87 Å². The molecule has 164 valence electrons. The summed E-state index contributed by atoms with van der Waals surface area (Å²) in [5.74, 6) is -1.08. The number of allylic oxidation sites excluding steroid dienone is 1. The molecule has 1 aliphatic heterocycles. The maximum Gasteiger partial charge on any atom is 0.252 e. The van der Waals surface area contributed by atoms with Crippen LogP contribution in [0.15, 0.2) is 52.2 Å². The van der Waals surface area contributed by atoms with E-state index in [4.69, 9.17) is 11.6 Å². The van der Waals surface area contributed by atoms with Crippen LogP contribution in [0, 0.1) is 11.7 Å². The Labute approximate surface area is 192 Å². The van der Waals surface area contributed by atoms with E-state index < -0.39 is 10.0 Å². The number of piperidine rings is 1. The third-order valence-corrected chi connectivity index (χ3v) is 9.76. The van der Waals surface area contributed by atoms with E-state index >= 15 is 0 Å². The molecule has 1 aliphatic rings. The first-order valence-electron chi connectivity index (χ1n) is 9.54. The van der Waals surface area contributed by atoms with Crippen molar-refractivity contribution in [3.63, 3.8) is 0 Å². The van der Waals surface area contributed by atoms with E-state index in [0.717, 1.165) is 11.3 Å². The summed E-state index contributed by atoms with van der Waals surface area (Å²) in [7, 11) is -3.61. The Bertz CT molecular complexity index is 1320. The van der Waals surface area contributed by atoms with Crippen LogP contribution >= 0.6 is 34.3 Å². The fourth-order valence-corrected chi connectivity index (χ4v) is 7.73. The van der Waals surface area contributed by atoms with Crippen LogP contribution in [0.4, 0.5) is 4.39 Å². The summed E-state index contributed by atoms with van der Waals surface area (Å²) in [6, 6.07) is 7.83. The molecule has 0 unspecified atom stereocenters. The van der Waals surface area contributed by atoms with Crippen LogP contribution in [-0.4, -0.2) is 36.3 Å². The second-order valence-electron chi connectivity index (χ2n) is 7.06. The van der Waals surface area contributed by atoms with Gasteiger partial charge in [0.2, 0.25) is 0 Å². The first-order valence-corrected chi connectivity index (χ1v) is 13.0. The van der Waals surface area contributed by atoms with Gasteiger partial charge in [-0.15, -0.1) is 17.9 Å². The molecule has 0 saturated carbocycles. The minimum atomic E-state index is -3.61. The van der Waals surface area contributed by atoms with Gasteiger partial charge >= 0.3 is 0 Å². The van der Waals surface area contributed by atoms with E-state index in [1.165, 1.54) is 27.8 Å². The molecule has 31 heavy (non-hydrogen) atoms. The second kappa shape index (κ2) is 8.95. The lowest BCUT2D eigenvalue weighted by atomic mass is 9.98. The maximum absolute atomic E-state index is 14.3. The van der Waals surface area contributed by atoms with E-state index in [1.807, 2.05) is 0 Å². The third kappa shape index (κ3) is 4.40. The number of carbonyl (C=O) groups is 1. The molecule has 11 heteroatoms. The zero-order valence-electron chi connectivity index (χ0n) is 16.3. The van der Waals surface area contributed by atoms with Gasteiger partial charge in [0.1, 0.15) is 10.0 Å². The average molecular weight is 500 g/mol. The van der Waals surface area contributed by atoms with E-state index in [2.05, 4.69) is 11.6 Å². The molecule has 3 heterocycles. The number of para-hydroxylation sites is 1. The molecule has 0 spiro atoms. The smallest absolute Gasteiger partial charge is 0.252 e. The first kappa shape index (κ1) is 22.3. The maximum atomic E-state index is 14.3. The molecule has 6 nitrogen and oxygen atoms in total. The number of aromatic nitrogens is 1. The van der Waals surface area contributed by atoms with Crippen molar-refractivity contribution in [2.24, 2.45) is 10.9 Å². The molecule has 4 rings (SSSR count). The van der Waals surface area contributed by atoms with Crippen molar-refractivity contribution in [2.75, 3.05) is 13.1 Å². The van der Waals surface area contributed by atoms with Crippen molar-refractivity contribution in [1.29, 1.82) is 0 Å². The molecule has 0 bridgehead atoms. The molecular weight excluding hydrogens is 481 g/mol. The Kier molecular flexibility index (Phi) is 6.45. The van der Waals surface area contributed by atoms with Gasteiger partial charge in [-0.2, -0.15) is 9.30 Å². The number of fused-ring (bicyclic) bond motifs is 1. The molecular formula is C20H19ClFN3O3S3. The van der Waals surface area contributed by atoms with Crippen molar-refractivity contribution >= 4 is 60.4 Å². The second-order valence-corrected chi connectivity index (χ2v) is 11.9. The highest BCUT2D eigenvalue weighted by Crippen LogP contribution is 2.31. The van der Waals surface area contributed by atoms with Crippen LogP contribution in [0.3, 0.4) is 0 Å². The molecule has 0 aliphatic carbocycles. The van der Waals surface area contributed by atoms with Gasteiger partial charge < -0.3 is 4.57 Å². The van der Waals surface area contributed by atoms with E-state index in [-0.39, 0.29) is 34.9 Å². The largest absolute Gasteiger partial charge is 0.310 e. The summed E-state index contributed by atoms with van der Waals surface area (Å²) in [6.07, 6.45) is 2.38. The lowest BCUT2D eigenvalue weighted by Crippen LogP contribution is -2.40. The molecule has 3 aromatic rings. The zero-order valence-corrected chi connectivity index (χ0v) is 19.5. The van der Waals surface area contributed by atoms with Crippen molar-refractivity contribution < 1.29 is 17.6 Å². The normalized spacial score (nSPS) is 16.8. The van der Waals surface area contributed by atoms with Crippen molar-refractivity contribution in [2.45, 2.75) is 23.6 Å². The molecule has 1 aromatic carbocycles. The van der Waals surface area contributed by atoms with Crippen LogP contribution in [0.2, 0.25) is 4.34 Å². The summed E-state index contributed by atoms with van der Waals surface area (Å²) < 4.78 is 44.1. The number of hydrogen-bond acceptors (Lipinski definition) is 5. The summed E-state index contributed by atoms with van der Waals surface area (Å²) in [4.78, 5) is 17.5. The molecule has 0 atom stereocenters. The number of benzene rings is 1. The number of thiophene rings is 1. The van der Waals surface area contributed by atoms with Gasteiger partial charge in [-0.05, 0) is 37.1 Å². The van der Waals surface area contributed by atoms with Gasteiger partial charge in [0.05, 0.1) is 14.6 Å². The fourth-order valence-electron chi connectivity index (χ4n) is 3.56. The van der Waals surface area contributed by atoms with Gasteiger partial charge in [-0.1, -0.05) is 35.1 Å². The molecule has 1 fully saturated rings. The van der Waals surface area contributed by atoms with Gasteiger partial charge in [0, 0.05) is 25.6 Å². The van der Waals surface area contributed by atoms with Crippen LogP contribution in [0.1, 0.15) is 12.8 Å². The van der Waals surface area contributed by atoms with Gasteiger partial charge in [-0.25, -0.2) is 12.8 Å². The van der Waals surface area contributed by atoms with Crippen molar-refractivity contribution in [3.8, 4) is 0 Å². The summed E-state index contributed by atoms with van der Waals surface area (Å²) in [6.45, 7) is 4.50. The fraction of sp³-hybridized carbons (Fsp3) is 0.300. The predicted octanol–water partition coefficient (Wildman–Crippen LogP) is 4.27. The highest BCUT2D eigenvalue weighted by molar-refractivity contribution is 7.91. The SMILES string of the molecule is C=CCn1c(=NC(=O)C2CCN(S(=O)(=O)c3ccc(Cl)s3)CC2)sc2cccc(F)c21. The molecule has 0 radical (unpaired) electrons. The Morgan fingerprint density at radius 3 is 2.65 bits per heavy atom. The minimum absolute atomic E-state index is 0.199. The number of hydrogen-bond donors (Lipinski definition) is 0. The number of rotatable bonds is 5. The van der Waals surface area contributed by atoms with Crippen LogP contribution in [0.5, 0.6) is 0 Å². The Morgan fingerprint density at radius 1 is 1.26 bits per heavy atom. The quantitative estimate of drug-likeness (QED) is 0.492. The van der Waals surface area contributed by atoms with Crippen molar-refractivity contribution in [3.05, 3.63) is 57.9 Å². The average Bonchev–Trinajstić information content (AvgIpc) is 3.33. The van der Waals surface area contributed by atoms with Gasteiger partial charge in [-0.3, -0.25) is 4.79 Å². The number of thiazole rings is 1. The highest BCUT2D eigenvalue weighted by atomic mass is 35.5. The Morgan fingerprint density at radius 2 is 2.00 bits per heavy atom. The van der Waals surface area contributed by atoms with Crippen LogP contribution in [-0.2, 0) is 21.4 Å². The topological polar surface area (TPSA) is 71.7 Å². The monoisotopic (exact) mass is 499 g/mol. The first-order chi connectivity index (χ1) is 14.8. The lowest BCUT2D eigenvalue weighted by Gasteiger charge is -2.29. The number of nitrogens with zero attached hydrogens (tertiary/aromatic N) is 3. The number of halogens is 2. The zero-order chi connectivity index (χ0) is 22.2. The van der Waals surface area contributed by atoms with Crippen LogP contribution < -0.4 is 4.80 Å². The molecule has 1 saturated heterocycles. The molecule has 1 amide bonds. The predicted molar refractivity (Wildman–Crippen MR) is 121 cm³/mol. The number of carbonyl (C=O) groups excluding carboxylic acids is 1. The van der Waals surface area contributed by atoms with E-state index in [9.17, 15) is 17.6 Å². The standard InChI is InChI=1S/C20H19ClFN3O3S3/c1-2-10-25-18-14(22)4-3-5-15(18)29-20(25)23-19(26)13-8-11-24(12-9-13)31(27,28)17-7-6-16(21)30-17/h2-7,13H,1,8-12H2. The third-order valence-electron chi connectivity index (χ3n) is 5.12. The number of sulfonamides is 1. The van der Waals surface area contributed by atoms with E-state index in [0.29, 0.717) is 38.7 Å². The minimum Gasteiger partial charge on any atom is -0.310 e.